The zero-order chi connectivity index (χ0) is 20.1. The lowest BCUT2D eigenvalue weighted by atomic mass is 9.95. The molecular formula is C21H28FN3O3. The predicted molar refractivity (Wildman–Crippen MR) is 103 cm³/mol. The van der Waals surface area contributed by atoms with E-state index in [-0.39, 0.29) is 35.2 Å². The van der Waals surface area contributed by atoms with Gasteiger partial charge in [0.25, 0.3) is 5.91 Å². The quantitative estimate of drug-likeness (QED) is 0.858. The normalized spacial score (nSPS) is 23.3. The minimum Gasteiger partial charge on any atom is -0.348 e. The SMILES string of the molecule is CCN1CC(C(=O)N2CCCCC(NC(=O)c3cccc(F)c3)C2)CCC1=O. The number of hydrogen-bond donors (Lipinski definition) is 1. The van der Waals surface area contributed by atoms with Gasteiger partial charge in [0, 0.05) is 44.2 Å². The van der Waals surface area contributed by atoms with Crippen LogP contribution in [0.2, 0.25) is 0 Å². The summed E-state index contributed by atoms with van der Waals surface area (Å²) in [5.41, 5.74) is 0.284. The van der Waals surface area contributed by atoms with Gasteiger partial charge in [-0.3, -0.25) is 14.4 Å². The van der Waals surface area contributed by atoms with Crippen molar-refractivity contribution < 1.29 is 18.8 Å². The molecule has 2 aliphatic heterocycles. The van der Waals surface area contributed by atoms with Crippen molar-refractivity contribution in [2.75, 3.05) is 26.2 Å². The molecule has 0 saturated carbocycles. The molecule has 0 aromatic heterocycles. The highest BCUT2D eigenvalue weighted by Gasteiger charge is 2.33. The van der Waals surface area contributed by atoms with Crippen molar-refractivity contribution in [3.8, 4) is 0 Å². The number of nitrogens with one attached hydrogen (secondary N) is 1. The Balaban J connectivity index is 1.62. The second-order valence-corrected chi connectivity index (χ2v) is 7.63. The van der Waals surface area contributed by atoms with Gasteiger partial charge in [-0.25, -0.2) is 4.39 Å². The van der Waals surface area contributed by atoms with Crippen LogP contribution in [0.4, 0.5) is 4.39 Å². The van der Waals surface area contributed by atoms with E-state index in [1.807, 2.05) is 11.8 Å². The smallest absolute Gasteiger partial charge is 0.251 e. The fourth-order valence-corrected chi connectivity index (χ4v) is 4.04. The maximum atomic E-state index is 13.4. The highest BCUT2D eigenvalue weighted by molar-refractivity contribution is 5.94. The maximum absolute atomic E-state index is 13.4. The Kier molecular flexibility index (Phi) is 6.65. The van der Waals surface area contributed by atoms with Crippen molar-refractivity contribution >= 4 is 17.7 Å². The predicted octanol–water partition coefficient (Wildman–Crippen LogP) is 2.20. The molecule has 1 aromatic carbocycles. The molecule has 1 aromatic rings. The van der Waals surface area contributed by atoms with Gasteiger partial charge in [-0.15, -0.1) is 0 Å². The van der Waals surface area contributed by atoms with E-state index >= 15 is 0 Å². The van der Waals surface area contributed by atoms with Gasteiger partial charge >= 0.3 is 0 Å². The van der Waals surface area contributed by atoms with Crippen LogP contribution in [0, 0.1) is 11.7 Å². The number of halogens is 1. The van der Waals surface area contributed by atoms with Gasteiger partial charge < -0.3 is 15.1 Å². The first-order chi connectivity index (χ1) is 13.5. The van der Waals surface area contributed by atoms with Crippen molar-refractivity contribution in [2.45, 2.75) is 45.1 Å². The molecule has 152 valence electrons. The van der Waals surface area contributed by atoms with Gasteiger partial charge in [-0.1, -0.05) is 6.07 Å². The Labute approximate surface area is 165 Å². The number of carbonyl (C=O) groups excluding carboxylic acids is 3. The van der Waals surface area contributed by atoms with Crippen molar-refractivity contribution in [3.63, 3.8) is 0 Å². The maximum Gasteiger partial charge on any atom is 0.251 e. The van der Waals surface area contributed by atoms with Crippen molar-refractivity contribution in [1.29, 1.82) is 0 Å². The summed E-state index contributed by atoms with van der Waals surface area (Å²) in [5, 5.41) is 2.95. The molecule has 2 heterocycles. The Hall–Kier alpha value is -2.44. The summed E-state index contributed by atoms with van der Waals surface area (Å²) < 4.78 is 13.4. The van der Waals surface area contributed by atoms with E-state index in [9.17, 15) is 18.8 Å². The van der Waals surface area contributed by atoms with Crippen LogP contribution in [0.5, 0.6) is 0 Å². The molecule has 3 amide bonds. The van der Waals surface area contributed by atoms with Crippen LogP contribution in [-0.4, -0.2) is 59.7 Å². The molecule has 1 N–H and O–H groups in total. The monoisotopic (exact) mass is 389 g/mol. The summed E-state index contributed by atoms with van der Waals surface area (Å²) in [5.74, 6) is -0.757. The summed E-state index contributed by atoms with van der Waals surface area (Å²) in [6, 6.07) is 5.45. The van der Waals surface area contributed by atoms with E-state index in [0.29, 0.717) is 39.0 Å². The number of rotatable bonds is 4. The molecule has 0 aliphatic carbocycles. The average molecular weight is 389 g/mol. The van der Waals surface area contributed by atoms with Gasteiger partial charge in [-0.2, -0.15) is 0 Å². The highest BCUT2D eigenvalue weighted by atomic mass is 19.1. The fraction of sp³-hybridized carbons (Fsp3) is 0.571. The van der Waals surface area contributed by atoms with Crippen molar-refractivity contribution in [2.24, 2.45) is 5.92 Å². The Bertz CT molecular complexity index is 739. The zero-order valence-electron chi connectivity index (χ0n) is 16.3. The van der Waals surface area contributed by atoms with Gasteiger partial charge in [-0.05, 0) is 50.8 Å². The van der Waals surface area contributed by atoms with Crippen LogP contribution >= 0.6 is 0 Å². The molecule has 0 bridgehead atoms. The molecule has 6 nitrogen and oxygen atoms in total. The number of nitrogens with zero attached hydrogens (tertiary/aromatic N) is 2. The van der Waals surface area contributed by atoms with Crippen LogP contribution in [0.3, 0.4) is 0 Å². The van der Waals surface area contributed by atoms with E-state index in [4.69, 9.17) is 0 Å². The lowest BCUT2D eigenvalue weighted by Crippen LogP contribution is -2.50. The van der Waals surface area contributed by atoms with Crippen LogP contribution in [0.1, 0.15) is 49.4 Å². The largest absolute Gasteiger partial charge is 0.348 e. The van der Waals surface area contributed by atoms with Crippen LogP contribution in [0.15, 0.2) is 24.3 Å². The number of hydrogen-bond acceptors (Lipinski definition) is 3. The number of piperidine rings is 1. The zero-order valence-corrected chi connectivity index (χ0v) is 16.3. The molecule has 2 fully saturated rings. The lowest BCUT2D eigenvalue weighted by Gasteiger charge is -2.35. The van der Waals surface area contributed by atoms with E-state index in [2.05, 4.69) is 5.32 Å². The summed E-state index contributed by atoms with van der Waals surface area (Å²) >= 11 is 0. The van der Waals surface area contributed by atoms with Gasteiger partial charge in [0.15, 0.2) is 0 Å². The van der Waals surface area contributed by atoms with Gasteiger partial charge in [0.1, 0.15) is 5.82 Å². The minimum atomic E-state index is -0.447. The third-order valence-electron chi connectivity index (χ3n) is 5.64. The highest BCUT2D eigenvalue weighted by Crippen LogP contribution is 2.22. The molecule has 7 heteroatoms. The standard InChI is InChI=1S/C21H28FN3O3/c1-2-24-13-16(9-10-19(24)26)21(28)25-11-4-3-8-18(14-25)23-20(27)15-6-5-7-17(22)12-15/h5-7,12,16,18H,2-4,8-11,13-14H2,1H3,(H,23,27). The van der Waals surface area contributed by atoms with E-state index in [1.54, 1.807) is 11.0 Å². The molecule has 0 spiro atoms. The Morgan fingerprint density at radius 2 is 2.04 bits per heavy atom. The molecular weight excluding hydrogens is 361 g/mol. The molecule has 2 unspecified atom stereocenters. The summed E-state index contributed by atoms with van der Waals surface area (Å²) in [7, 11) is 0. The summed E-state index contributed by atoms with van der Waals surface area (Å²) in [6.07, 6.45) is 3.60. The molecule has 2 aliphatic rings. The molecule has 0 radical (unpaired) electrons. The second kappa shape index (κ2) is 9.17. The number of benzene rings is 1. The number of likely N-dealkylation sites (tertiary alicyclic amines) is 2. The summed E-state index contributed by atoms with van der Waals surface area (Å²) in [6.45, 7) is 4.15. The van der Waals surface area contributed by atoms with Crippen LogP contribution in [0.25, 0.3) is 0 Å². The van der Waals surface area contributed by atoms with Crippen LogP contribution in [-0.2, 0) is 9.59 Å². The first-order valence-electron chi connectivity index (χ1n) is 10.1. The van der Waals surface area contributed by atoms with Gasteiger partial charge in [0.05, 0.1) is 5.92 Å². The first-order valence-corrected chi connectivity index (χ1v) is 10.1. The minimum absolute atomic E-state index is 0.0675. The third kappa shape index (κ3) is 4.88. The second-order valence-electron chi connectivity index (χ2n) is 7.63. The fourth-order valence-electron chi connectivity index (χ4n) is 4.04. The third-order valence-corrected chi connectivity index (χ3v) is 5.64. The Morgan fingerprint density at radius 1 is 1.21 bits per heavy atom. The molecule has 2 atom stereocenters. The van der Waals surface area contributed by atoms with Crippen molar-refractivity contribution in [3.05, 3.63) is 35.6 Å². The van der Waals surface area contributed by atoms with E-state index < -0.39 is 5.82 Å². The van der Waals surface area contributed by atoms with E-state index in [1.165, 1.54) is 18.2 Å². The summed E-state index contributed by atoms with van der Waals surface area (Å²) in [4.78, 5) is 41.0. The molecule has 3 rings (SSSR count). The van der Waals surface area contributed by atoms with Crippen LogP contribution < -0.4 is 5.32 Å². The van der Waals surface area contributed by atoms with Crippen molar-refractivity contribution in [1.82, 2.24) is 15.1 Å². The molecule has 28 heavy (non-hydrogen) atoms. The average Bonchev–Trinajstić information content (AvgIpc) is 2.93. The Morgan fingerprint density at radius 3 is 2.79 bits per heavy atom. The number of carbonyl (C=O) groups is 3. The first kappa shape index (κ1) is 20.3. The number of amides is 3. The van der Waals surface area contributed by atoms with Gasteiger partial charge in [0.2, 0.25) is 11.8 Å². The lowest BCUT2D eigenvalue weighted by molar-refractivity contribution is -0.143. The van der Waals surface area contributed by atoms with E-state index in [0.717, 1.165) is 19.3 Å². The topological polar surface area (TPSA) is 69.7 Å². The molecule has 2 saturated heterocycles.